The Morgan fingerprint density at radius 3 is 2.50 bits per heavy atom. The van der Waals surface area contributed by atoms with Crippen LogP contribution in [0.4, 0.5) is 13.2 Å². The summed E-state index contributed by atoms with van der Waals surface area (Å²) < 4.78 is 37.0. The first-order valence-electron chi connectivity index (χ1n) is 4.26. The van der Waals surface area contributed by atoms with E-state index in [1.807, 2.05) is 4.98 Å². The molecule has 0 fully saturated rings. The second-order valence-electron chi connectivity index (χ2n) is 3.23. The van der Waals surface area contributed by atoms with Gasteiger partial charge in [0.15, 0.2) is 0 Å². The van der Waals surface area contributed by atoms with E-state index >= 15 is 0 Å². The van der Waals surface area contributed by atoms with E-state index in [0.717, 1.165) is 6.20 Å². The SMILES string of the molecule is CC(C(=O)O)c1c[nH]c(=O)c(C(F)(F)F)c1. The second kappa shape index (κ2) is 3.99. The highest BCUT2D eigenvalue weighted by Gasteiger charge is 2.34. The Bertz CT molecular complexity index is 464. The molecular formula is C9H8F3NO3. The number of carbonyl (C=O) groups is 1. The van der Waals surface area contributed by atoms with E-state index in [-0.39, 0.29) is 5.56 Å². The molecule has 1 atom stereocenters. The van der Waals surface area contributed by atoms with Gasteiger partial charge in [-0.1, -0.05) is 0 Å². The van der Waals surface area contributed by atoms with Crippen LogP contribution in [0.25, 0.3) is 0 Å². The van der Waals surface area contributed by atoms with Crippen LogP contribution >= 0.6 is 0 Å². The molecular weight excluding hydrogens is 227 g/mol. The Balaban J connectivity index is 3.28. The number of aliphatic carboxylic acids is 1. The van der Waals surface area contributed by atoms with E-state index in [9.17, 15) is 22.8 Å². The van der Waals surface area contributed by atoms with Crippen LogP contribution < -0.4 is 5.56 Å². The maximum atomic E-state index is 12.3. The van der Waals surface area contributed by atoms with E-state index in [1.54, 1.807) is 0 Å². The summed E-state index contributed by atoms with van der Waals surface area (Å²) in [6.45, 7) is 1.23. The van der Waals surface area contributed by atoms with Gasteiger partial charge < -0.3 is 10.1 Å². The average molecular weight is 235 g/mol. The molecule has 0 saturated heterocycles. The number of carboxylic acids is 1. The molecule has 0 aliphatic heterocycles. The number of aromatic amines is 1. The summed E-state index contributed by atoms with van der Waals surface area (Å²) in [6.07, 6.45) is -3.82. The van der Waals surface area contributed by atoms with Crippen molar-refractivity contribution in [3.63, 3.8) is 0 Å². The van der Waals surface area contributed by atoms with Crippen molar-refractivity contribution >= 4 is 5.97 Å². The van der Waals surface area contributed by atoms with Crippen LogP contribution in [0.2, 0.25) is 0 Å². The van der Waals surface area contributed by atoms with Crippen molar-refractivity contribution in [1.82, 2.24) is 4.98 Å². The molecule has 1 heterocycles. The average Bonchev–Trinajstić information content (AvgIpc) is 2.15. The number of carboxylic acid groups (broad SMARTS) is 1. The van der Waals surface area contributed by atoms with Gasteiger partial charge in [0.05, 0.1) is 5.92 Å². The van der Waals surface area contributed by atoms with Crippen LogP contribution in [0.5, 0.6) is 0 Å². The molecule has 1 unspecified atom stereocenters. The number of alkyl halides is 3. The Hall–Kier alpha value is -1.79. The molecule has 0 radical (unpaired) electrons. The summed E-state index contributed by atoms with van der Waals surface area (Å²) in [5, 5.41) is 8.63. The summed E-state index contributed by atoms with van der Waals surface area (Å²) in [4.78, 5) is 23.3. The molecule has 16 heavy (non-hydrogen) atoms. The van der Waals surface area contributed by atoms with Crippen molar-refractivity contribution in [3.05, 3.63) is 33.7 Å². The van der Waals surface area contributed by atoms with Gasteiger partial charge in [-0.3, -0.25) is 9.59 Å². The minimum Gasteiger partial charge on any atom is -0.481 e. The Morgan fingerprint density at radius 2 is 2.06 bits per heavy atom. The number of nitrogens with one attached hydrogen (secondary N) is 1. The van der Waals surface area contributed by atoms with Crippen molar-refractivity contribution in [2.45, 2.75) is 19.0 Å². The zero-order valence-corrected chi connectivity index (χ0v) is 8.13. The fourth-order valence-electron chi connectivity index (χ4n) is 1.10. The standard InChI is InChI=1S/C9H8F3NO3/c1-4(8(15)16)5-2-6(9(10,11)12)7(14)13-3-5/h2-4H,1H3,(H,13,14)(H,15,16). The van der Waals surface area contributed by atoms with Crippen LogP contribution in [-0.4, -0.2) is 16.1 Å². The quantitative estimate of drug-likeness (QED) is 0.817. The molecule has 0 spiro atoms. The Labute approximate surface area is 87.7 Å². The predicted molar refractivity (Wildman–Crippen MR) is 48.1 cm³/mol. The fraction of sp³-hybridized carbons (Fsp3) is 0.333. The van der Waals surface area contributed by atoms with Gasteiger partial charge in [-0.15, -0.1) is 0 Å². The lowest BCUT2D eigenvalue weighted by Crippen LogP contribution is -2.22. The van der Waals surface area contributed by atoms with Crippen LogP contribution in [0.3, 0.4) is 0 Å². The van der Waals surface area contributed by atoms with E-state index in [0.29, 0.717) is 6.07 Å². The number of pyridine rings is 1. The highest BCUT2D eigenvalue weighted by atomic mass is 19.4. The van der Waals surface area contributed by atoms with Crippen LogP contribution in [0.1, 0.15) is 24.0 Å². The number of rotatable bonds is 2. The zero-order valence-electron chi connectivity index (χ0n) is 8.13. The molecule has 0 saturated carbocycles. The third kappa shape index (κ3) is 2.41. The monoisotopic (exact) mass is 235 g/mol. The summed E-state index contributed by atoms with van der Waals surface area (Å²) >= 11 is 0. The molecule has 88 valence electrons. The highest BCUT2D eigenvalue weighted by molar-refractivity contribution is 5.75. The molecule has 0 aromatic carbocycles. The molecule has 0 amide bonds. The molecule has 1 aromatic heterocycles. The number of H-pyrrole nitrogens is 1. The van der Waals surface area contributed by atoms with E-state index in [1.165, 1.54) is 6.92 Å². The first-order chi connectivity index (χ1) is 7.23. The van der Waals surface area contributed by atoms with Crippen molar-refractivity contribution < 1.29 is 23.1 Å². The van der Waals surface area contributed by atoms with E-state index in [4.69, 9.17) is 5.11 Å². The minimum absolute atomic E-state index is 0.0978. The smallest absolute Gasteiger partial charge is 0.421 e. The largest absolute Gasteiger partial charge is 0.481 e. The maximum Gasteiger partial charge on any atom is 0.421 e. The molecule has 0 aliphatic carbocycles. The summed E-state index contributed by atoms with van der Waals surface area (Å²) in [7, 11) is 0. The fourth-order valence-corrected chi connectivity index (χ4v) is 1.10. The molecule has 0 aliphatic rings. The zero-order chi connectivity index (χ0) is 12.5. The van der Waals surface area contributed by atoms with Gasteiger partial charge in [-0.2, -0.15) is 13.2 Å². The van der Waals surface area contributed by atoms with Crippen LogP contribution in [0.15, 0.2) is 17.1 Å². The highest BCUT2D eigenvalue weighted by Crippen LogP contribution is 2.28. The van der Waals surface area contributed by atoms with Gasteiger partial charge in [-0.25, -0.2) is 0 Å². The Kier molecular flexibility index (Phi) is 3.06. The van der Waals surface area contributed by atoms with Gasteiger partial charge in [-0.05, 0) is 18.6 Å². The van der Waals surface area contributed by atoms with Crippen molar-refractivity contribution in [3.8, 4) is 0 Å². The van der Waals surface area contributed by atoms with Crippen molar-refractivity contribution in [1.29, 1.82) is 0 Å². The topological polar surface area (TPSA) is 70.2 Å². The van der Waals surface area contributed by atoms with Crippen molar-refractivity contribution in [2.24, 2.45) is 0 Å². The summed E-state index contributed by atoms with van der Waals surface area (Å²) in [5.74, 6) is -2.38. The molecule has 1 rings (SSSR count). The molecule has 4 nitrogen and oxygen atoms in total. The van der Waals surface area contributed by atoms with E-state index in [2.05, 4.69) is 0 Å². The summed E-state index contributed by atoms with van der Waals surface area (Å²) in [5.41, 5.74) is -2.77. The maximum absolute atomic E-state index is 12.3. The first-order valence-corrected chi connectivity index (χ1v) is 4.26. The molecule has 2 N–H and O–H groups in total. The van der Waals surface area contributed by atoms with E-state index < -0.39 is 29.2 Å². The second-order valence-corrected chi connectivity index (χ2v) is 3.23. The van der Waals surface area contributed by atoms with Gasteiger partial charge in [0.1, 0.15) is 5.56 Å². The first kappa shape index (κ1) is 12.3. The third-order valence-corrected chi connectivity index (χ3v) is 2.10. The van der Waals surface area contributed by atoms with Gasteiger partial charge >= 0.3 is 12.1 Å². The number of hydrogen-bond donors (Lipinski definition) is 2. The summed E-state index contributed by atoms with van der Waals surface area (Å²) in [6, 6.07) is 0.553. The number of hydrogen-bond acceptors (Lipinski definition) is 2. The van der Waals surface area contributed by atoms with Gasteiger partial charge in [0, 0.05) is 6.20 Å². The van der Waals surface area contributed by atoms with Crippen LogP contribution in [-0.2, 0) is 11.0 Å². The normalized spacial score (nSPS) is 13.5. The predicted octanol–water partition coefficient (Wildman–Crippen LogP) is 1.58. The molecule has 1 aromatic rings. The molecule has 0 bridgehead atoms. The third-order valence-electron chi connectivity index (χ3n) is 2.10. The Morgan fingerprint density at radius 1 is 1.50 bits per heavy atom. The van der Waals surface area contributed by atoms with Gasteiger partial charge in [0.2, 0.25) is 0 Å². The number of aromatic nitrogens is 1. The van der Waals surface area contributed by atoms with Gasteiger partial charge in [0.25, 0.3) is 5.56 Å². The lowest BCUT2D eigenvalue weighted by molar-refractivity contribution is -0.140. The minimum atomic E-state index is -4.79. The van der Waals surface area contributed by atoms with Crippen molar-refractivity contribution in [2.75, 3.05) is 0 Å². The molecule has 7 heteroatoms. The number of halogens is 3. The lowest BCUT2D eigenvalue weighted by Gasteiger charge is -2.10. The lowest BCUT2D eigenvalue weighted by atomic mass is 10.0. The van der Waals surface area contributed by atoms with Crippen LogP contribution in [0, 0.1) is 0 Å².